The number of rotatable bonds is 8. The van der Waals surface area contributed by atoms with Crippen LogP contribution in [0.4, 0.5) is 11.4 Å². The Morgan fingerprint density at radius 1 is 1.24 bits per heavy atom. The van der Waals surface area contributed by atoms with Crippen molar-refractivity contribution < 1.29 is 24.7 Å². The number of anilines is 1. The lowest BCUT2D eigenvalue weighted by Gasteiger charge is -2.24. The molecule has 1 heterocycles. The molecule has 1 aliphatic heterocycles. The topological polar surface area (TPSA) is 103 Å². The number of hydrogen-bond acceptors (Lipinski definition) is 4. The maximum absolute atomic E-state index is 13.0. The Bertz CT molecular complexity index is 844. The van der Waals surface area contributed by atoms with E-state index in [0.717, 1.165) is 45.0 Å². The molecular weight excluding hydrogens is 396 g/mol. The van der Waals surface area contributed by atoms with E-state index in [2.05, 4.69) is 5.32 Å². The number of hydrogen-bond donors (Lipinski definition) is 3. The molecule has 1 amide bonds. The molecule has 0 spiro atoms. The van der Waals surface area contributed by atoms with E-state index in [9.17, 15) is 14.9 Å². The van der Waals surface area contributed by atoms with Crippen LogP contribution in [0.3, 0.4) is 0 Å². The molecule has 0 unspecified atom stereocenters. The molecule has 1 saturated heterocycles. The number of amides is 1. The van der Waals surface area contributed by atoms with E-state index >= 15 is 0 Å². The van der Waals surface area contributed by atoms with Gasteiger partial charge in [0, 0.05) is 17.7 Å². The Labute approximate surface area is 173 Å². The SMILES string of the molecule is O=C(Nc1ccc([N+](=O)[O-])cc1Cl)[C@H]([NH2+]CC[NH+]1CCOCC1)c1ccccc1. The smallest absolute Gasteiger partial charge is 0.287 e. The number of carbonyl (C=O) groups excluding carboxylic acids is 1. The molecule has 2 aromatic rings. The number of nitrogens with zero attached hydrogens (tertiary/aromatic N) is 1. The lowest BCUT2D eigenvalue weighted by atomic mass is 10.1. The first-order chi connectivity index (χ1) is 14.0. The van der Waals surface area contributed by atoms with Gasteiger partial charge in [0.2, 0.25) is 0 Å². The molecule has 1 atom stereocenters. The summed E-state index contributed by atoms with van der Waals surface area (Å²) in [6.45, 7) is 5.24. The van der Waals surface area contributed by atoms with Gasteiger partial charge in [-0.3, -0.25) is 14.9 Å². The second kappa shape index (κ2) is 10.3. The predicted octanol–water partition coefficient (Wildman–Crippen LogP) is 0.407. The first-order valence-electron chi connectivity index (χ1n) is 9.59. The van der Waals surface area contributed by atoms with Crippen LogP contribution in [-0.4, -0.2) is 50.2 Å². The lowest BCUT2D eigenvalue weighted by molar-refractivity contribution is -0.921. The molecule has 0 bridgehead atoms. The number of morpholine rings is 1. The number of nitro groups is 1. The summed E-state index contributed by atoms with van der Waals surface area (Å²) in [5.74, 6) is -0.219. The minimum absolute atomic E-state index is 0.118. The molecular formula is C20H25ClN4O4+2. The first-order valence-corrected chi connectivity index (χ1v) is 9.97. The number of halogens is 1. The fraction of sp³-hybridized carbons (Fsp3) is 0.350. The van der Waals surface area contributed by atoms with Gasteiger partial charge in [0.05, 0.1) is 28.8 Å². The van der Waals surface area contributed by atoms with Gasteiger partial charge in [-0.15, -0.1) is 0 Å². The highest BCUT2D eigenvalue weighted by Gasteiger charge is 2.26. The first kappa shape index (κ1) is 21.2. The molecule has 1 aliphatic rings. The van der Waals surface area contributed by atoms with Gasteiger partial charge in [0.1, 0.15) is 26.2 Å². The van der Waals surface area contributed by atoms with Crippen molar-refractivity contribution in [3.8, 4) is 0 Å². The Balaban J connectivity index is 1.68. The molecule has 154 valence electrons. The zero-order valence-electron chi connectivity index (χ0n) is 16.0. The van der Waals surface area contributed by atoms with Crippen LogP contribution in [0.15, 0.2) is 48.5 Å². The van der Waals surface area contributed by atoms with Gasteiger partial charge in [0.15, 0.2) is 6.04 Å². The van der Waals surface area contributed by atoms with Crippen molar-refractivity contribution in [2.75, 3.05) is 44.7 Å². The van der Waals surface area contributed by atoms with Crippen LogP contribution >= 0.6 is 11.6 Å². The van der Waals surface area contributed by atoms with E-state index in [4.69, 9.17) is 16.3 Å². The quantitative estimate of drug-likeness (QED) is 0.425. The van der Waals surface area contributed by atoms with Crippen LogP contribution in [0, 0.1) is 10.1 Å². The molecule has 0 saturated carbocycles. The summed E-state index contributed by atoms with van der Waals surface area (Å²) in [7, 11) is 0. The standard InChI is InChI=1S/C20H23ClN4O4/c21-17-14-16(25(27)28)6-7-18(17)23-20(26)19(15-4-2-1-3-5-15)22-8-9-24-10-12-29-13-11-24/h1-7,14,19,22H,8-13H2,(H,23,26)/p+2/t19-/m1/s1. The highest BCUT2D eigenvalue weighted by Crippen LogP contribution is 2.27. The second-order valence-electron chi connectivity index (χ2n) is 6.94. The van der Waals surface area contributed by atoms with Gasteiger partial charge in [-0.1, -0.05) is 41.9 Å². The zero-order valence-corrected chi connectivity index (χ0v) is 16.7. The van der Waals surface area contributed by atoms with E-state index in [-0.39, 0.29) is 16.6 Å². The van der Waals surface area contributed by atoms with Crippen LogP contribution < -0.4 is 15.5 Å². The largest absolute Gasteiger partial charge is 0.370 e. The minimum Gasteiger partial charge on any atom is -0.370 e. The van der Waals surface area contributed by atoms with E-state index in [0.29, 0.717) is 5.69 Å². The molecule has 29 heavy (non-hydrogen) atoms. The number of benzene rings is 2. The summed E-state index contributed by atoms with van der Waals surface area (Å²) in [5, 5.41) is 15.8. The number of quaternary nitrogens is 2. The zero-order chi connectivity index (χ0) is 20.6. The molecule has 8 nitrogen and oxygen atoms in total. The Hall–Kier alpha value is -2.52. The van der Waals surface area contributed by atoms with E-state index in [1.165, 1.54) is 23.1 Å². The van der Waals surface area contributed by atoms with Crippen molar-refractivity contribution in [2.24, 2.45) is 0 Å². The molecule has 1 fully saturated rings. The number of non-ortho nitro benzene ring substituents is 1. The maximum atomic E-state index is 13.0. The summed E-state index contributed by atoms with van der Waals surface area (Å²) >= 11 is 6.13. The molecule has 9 heteroatoms. The third-order valence-electron chi connectivity index (χ3n) is 4.96. The van der Waals surface area contributed by atoms with Crippen molar-refractivity contribution in [1.82, 2.24) is 0 Å². The fourth-order valence-corrected chi connectivity index (χ4v) is 3.57. The van der Waals surface area contributed by atoms with Crippen molar-refractivity contribution in [1.29, 1.82) is 0 Å². The van der Waals surface area contributed by atoms with Crippen LogP contribution in [-0.2, 0) is 9.53 Å². The van der Waals surface area contributed by atoms with Crippen molar-refractivity contribution >= 4 is 28.9 Å². The molecule has 3 rings (SSSR count). The average Bonchev–Trinajstić information content (AvgIpc) is 2.74. The molecule has 4 N–H and O–H groups in total. The number of nitro benzene ring substituents is 1. The van der Waals surface area contributed by atoms with Gasteiger partial charge in [-0.05, 0) is 6.07 Å². The van der Waals surface area contributed by atoms with Gasteiger partial charge in [-0.25, -0.2) is 0 Å². The summed E-state index contributed by atoms with van der Waals surface area (Å²) in [6.07, 6.45) is 0. The minimum atomic E-state index is -0.522. The van der Waals surface area contributed by atoms with Crippen LogP contribution in [0.2, 0.25) is 5.02 Å². The maximum Gasteiger partial charge on any atom is 0.287 e. The number of nitrogens with two attached hydrogens (primary N) is 1. The molecule has 0 aliphatic carbocycles. The van der Waals surface area contributed by atoms with Gasteiger partial charge < -0.3 is 20.3 Å². The second-order valence-corrected chi connectivity index (χ2v) is 7.34. The normalized spacial score (nSPS) is 15.6. The third-order valence-corrected chi connectivity index (χ3v) is 5.28. The number of carbonyl (C=O) groups is 1. The van der Waals surface area contributed by atoms with Crippen molar-refractivity contribution in [3.63, 3.8) is 0 Å². The summed E-state index contributed by atoms with van der Waals surface area (Å²) in [5.41, 5.74) is 1.13. The van der Waals surface area contributed by atoms with Crippen molar-refractivity contribution in [2.45, 2.75) is 6.04 Å². The summed E-state index contributed by atoms with van der Waals surface area (Å²) in [4.78, 5) is 24.8. The average molecular weight is 421 g/mol. The predicted molar refractivity (Wildman–Crippen MR) is 109 cm³/mol. The van der Waals surface area contributed by atoms with Gasteiger partial charge >= 0.3 is 0 Å². The van der Waals surface area contributed by atoms with Crippen LogP contribution in [0.5, 0.6) is 0 Å². The Morgan fingerprint density at radius 3 is 2.62 bits per heavy atom. The van der Waals surface area contributed by atoms with E-state index in [1.54, 1.807) is 0 Å². The monoisotopic (exact) mass is 420 g/mol. The highest BCUT2D eigenvalue weighted by molar-refractivity contribution is 6.34. The lowest BCUT2D eigenvalue weighted by Crippen LogP contribution is -3.16. The fourth-order valence-electron chi connectivity index (χ4n) is 3.35. The van der Waals surface area contributed by atoms with Gasteiger partial charge in [-0.2, -0.15) is 0 Å². The highest BCUT2D eigenvalue weighted by atomic mass is 35.5. The number of ether oxygens (including phenoxy) is 1. The van der Waals surface area contributed by atoms with E-state index in [1.807, 2.05) is 35.6 Å². The van der Waals surface area contributed by atoms with Crippen LogP contribution in [0.1, 0.15) is 11.6 Å². The van der Waals surface area contributed by atoms with E-state index < -0.39 is 11.0 Å². The van der Waals surface area contributed by atoms with Gasteiger partial charge in [0.25, 0.3) is 11.6 Å². The Morgan fingerprint density at radius 2 is 1.97 bits per heavy atom. The summed E-state index contributed by atoms with van der Waals surface area (Å²) < 4.78 is 5.39. The molecule has 2 aromatic carbocycles. The summed E-state index contributed by atoms with van der Waals surface area (Å²) in [6, 6.07) is 13.1. The van der Waals surface area contributed by atoms with Crippen LogP contribution in [0.25, 0.3) is 0 Å². The van der Waals surface area contributed by atoms with Crippen molar-refractivity contribution in [3.05, 3.63) is 69.2 Å². The third kappa shape index (κ3) is 5.98. The Kier molecular flexibility index (Phi) is 7.54. The molecule has 0 radical (unpaired) electrons. The molecule has 0 aromatic heterocycles. The number of nitrogens with one attached hydrogen (secondary N) is 2.